The zero-order valence-electron chi connectivity index (χ0n) is 11.1. The van der Waals surface area contributed by atoms with Gasteiger partial charge in [0.25, 0.3) is 0 Å². The Balaban J connectivity index is 2.35. The molecule has 0 saturated carbocycles. The average molecular weight is 273 g/mol. The molecule has 1 fully saturated rings. The van der Waals surface area contributed by atoms with E-state index in [0.717, 1.165) is 37.2 Å². The number of hydrogen-bond donors (Lipinski definition) is 1. The Bertz CT molecular complexity index is 445. The van der Waals surface area contributed by atoms with E-state index < -0.39 is 11.7 Å². The molecule has 1 heterocycles. The summed E-state index contributed by atoms with van der Waals surface area (Å²) in [6, 6.07) is 3.81. The monoisotopic (exact) mass is 273 g/mol. The molecule has 1 aliphatic heterocycles. The Hall–Kier alpha value is -1.23. The molecule has 2 rings (SSSR count). The van der Waals surface area contributed by atoms with Crippen molar-refractivity contribution in [3.8, 4) is 5.75 Å². The molecule has 0 bridgehead atoms. The summed E-state index contributed by atoms with van der Waals surface area (Å²) in [6.07, 6.45) is -3.41. The average Bonchev–Trinajstić information content (AvgIpc) is 2.37. The van der Waals surface area contributed by atoms with Crippen LogP contribution in [0, 0.1) is 5.92 Å². The van der Waals surface area contributed by atoms with Crippen molar-refractivity contribution in [3.63, 3.8) is 0 Å². The van der Waals surface area contributed by atoms with Gasteiger partial charge in [-0.05, 0) is 49.0 Å². The number of ether oxygens (including phenoxy) is 1. The second kappa shape index (κ2) is 5.41. The summed E-state index contributed by atoms with van der Waals surface area (Å²) in [6.45, 7) is 3.88. The number of methoxy groups -OCH3 is 1. The molecule has 1 aromatic rings. The van der Waals surface area contributed by atoms with Crippen LogP contribution in [0.15, 0.2) is 18.2 Å². The third-order valence-corrected chi connectivity index (χ3v) is 3.75. The van der Waals surface area contributed by atoms with Crippen LogP contribution in [0.25, 0.3) is 0 Å². The second-order valence-electron chi connectivity index (χ2n) is 5.03. The smallest absolute Gasteiger partial charge is 0.416 e. The number of nitrogens with one attached hydrogen (secondary N) is 1. The van der Waals surface area contributed by atoms with Crippen LogP contribution < -0.4 is 10.1 Å². The summed E-state index contributed by atoms with van der Waals surface area (Å²) in [5.74, 6) is 0.978. The highest BCUT2D eigenvalue weighted by molar-refractivity contribution is 5.41. The van der Waals surface area contributed by atoms with Crippen molar-refractivity contribution in [1.82, 2.24) is 5.32 Å². The quantitative estimate of drug-likeness (QED) is 0.891. The third-order valence-electron chi connectivity index (χ3n) is 3.75. The largest absolute Gasteiger partial charge is 0.496 e. The fourth-order valence-corrected chi connectivity index (χ4v) is 2.67. The van der Waals surface area contributed by atoms with E-state index in [9.17, 15) is 13.2 Å². The Kier molecular flexibility index (Phi) is 4.04. The van der Waals surface area contributed by atoms with Gasteiger partial charge in [-0.3, -0.25) is 0 Å². The van der Waals surface area contributed by atoms with Crippen LogP contribution in [0.5, 0.6) is 5.75 Å². The van der Waals surface area contributed by atoms with Gasteiger partial charge in [0, 0.05) is 0 Å². The Labute approximate surface area is 111 Å². The lowest BCUT2D eigenvalue weighted by molar-refractivity contribution is -0.137. The molecule has 0 radical (unpaired) electrons. The van der Waals surface area contributed by atoms with Gasteiger partial charge >= 0.3 is 6.18 Å². The number of hydrogen-bond acceptors (Lipinski definition) is 2. The minimum Gasteiger partial charge on any atom is -0.496 e. The fourth-order valence-electron chi connectivity index (χ4n) is 2.67. The predicted molar refractivity (Wildman–Crippen MR) is 67.4 cm³/mol. The molecule has 2 unspecified atom stereocenters. The lowest BCUT2D eigenvalue weighted by Crippen LogP contribution is -2.33. The van der Waals surface area contributed by atoms with E-state index in [0.29, 0.717) is 11.7 Å². The minimum absolute atomic E-state index is 0.249. The van der Waals surface area contributed by atoms with Gasteiger partial charge in [0.1, 0.15) is 5.75 Å². The van der Waals surface area contributed by atoms with E-state index in [1.54, 1.807) is 6.07 Å². The maximum absolute atomic E-state index is 12.7. The molecule has 1 aliphatic rings. The Morgan fingerprint density at radius 2 is 2.05 bits per heavy atom. The van der Waals surface area contributed by atoms with Crippen LogP contribution in [0.2, 0.25) is 0 Å². The number of piperidine rings is 1. The van der Waals surface area contributed by atoms with Gasteiger partial charge in [0.05, 0.1) is 12.7 Å². The Morgan fingerprint density at radius 1 is 1.32 bits per heavy atom. The molecule has 19 heavy (non-hydrogen) atoms. The van der Waals surface area contributed by atoms with E-state index >= 15 is 0 Å². The zero-order valence-corrected chi connectivity index (χ0v) is 11.1. The normalized spacial score (nSPS) is 24.3. The zero-order chi connectivity index (χ0) is 14.0. The molecule has 1 N–H and O–H groups in total. The van der Waals surface area contributed by atoms with Crippen LogP contribution in [0.4, 0.5) is 13.2 Å². The van der Waals surface area contributed by atoms with E-state index in [-0.39, 0.29) is 5.92 Å². The first kappa shape index (κ1) is 14.2. The summed E-state index contributed by atoms with van der Waals surface area (Å²) < 4.78 is 43.2. The van der Waals surface area contributed by atoms with Gasteiger partial charge in [-0.2, -0.15) is 13.2 Å². The first-order chi connectivity index (χ1) is 8.93. The van der Waals surface area contributed by atoms with Crippen molar-refractivity contribution in [2.24, 2.45) is 5.92 Å². The van der Waals surface area contributed by atoms with Crippen molar-refractivity contribution < 1.29 is 17.9 Å². The maximum Gasteiger partial charge on any atom is 0.416 e. The van der Waals surface area contributed by atoms with E-state index in [4.69, 9.17) is 4.74 Å². The van der Waals surface area contributed by atoms with Crippen LogP contribution in [0.1, 0.15) is 30.4 Å². The molecular weight excluding hydrogens is 255 g/mol. The number of benzene rings is 1. The van der Waals surface area contributed by atoms with Gasteiger partial charge in [-0.25, -0.2) is 0 Å². The molecular formula is C14H18F3NO. The molecule has 1 saturated heterocycles. The van der Waals surface area contributed by atoms with Crippen LogP contribution >= 0.6 is 0 Å². The van der Waals surface area contributed by atoms with Crippen LogP contribution in [0.3, 0.4) is 0 Å². The van der Waals surface area contributed by atoms with Crippen molar-refractivity contribution in [2.75, 3.05) is 20.2 Å². The van der Waals surface area contributed by atoms with E-state index in [2.05, 4.69) is 12.2 Å². The lowest BCUT2D eigenvalue weighted by Gasteiger charge is -2.31. The van der Waals surface area contributed by atoms with Gasteiger partial charge in [-0.15, -0.1) is 0 Å². The van der Waals surface area contributed by atoms with Crippen molar-refractivity contribution in [3.05, 3.63) is 29.3 Å². The summed E-state index contributed by atoms with van der Waals surface area (Å²) in [7, 11) is 1.42. The fraction of sp³-hybridized carbons (Fsp3) is 0.571. The molecule has 0 spiro atoms. The molecule has 2 atom stereocenters. The molecule has 106 valence electrons. The summed E-state index contributed by atoms with van der Waals surface area (Å²) in [4.78, 5) is 0. The second-order valence-corrected chi connectivity index (χ2v) is 5.03. The SMILES string of the molecule is COc1cc(C(F)(F)F)ccc1C1CCNCC1C. The van der Waals surface area contributed by atoms with Crippen LogP contribution in [-0.4, -0.2) is 20.2 Å². The summed E-state index contributed by atoms with van der Waals surface area (Å²) in [5.41, 5.74) is 0.221. The maximum atomic E-state index is 12.7. The number of halogens is 3. The van der Waals surface area contributed by atoms with Gasteiger partial charge in [0.2, 0.25) is 0 Å². The topological polar surface area (TPSA) is 21.3 Å². The molecule has 0 aliphatic carbocycles. The standard InChI is InChI=1S/C14H18F3NO/c1-9-8-18-6-5-11(9)12-4-3-10(14(15,16)17)7-13(12)19-2/h3-4,7,9,11,18H,5-6,8H2,1-2H3. The lowest BCUT2D eigenvalue weighted by atomic mass is 9.81. The van der Waals surface area contributed by atoms with Crippen molar-refractivity contribution in [2.45, 2.75) is 25.4 Å². The molecule has 0 aromatic heterocycles. The first-order valence-electron chi connectivity index (χ1n) is 6.39. The number of rotatable bonds is 2. The van der Waals surface area contributed by atoms with Crippen molar-refractivity contribution in [1.29, 1.82) is 0 Å². The van der Waals surface area contributed by atoms with Gasteiger partial charge in [0.15, 0.2) is 0 Å². The summed E-state index contributed by atoms with van der Waals surface area (Å²) in [5, 5.41) is 3.29. The first-order valence-corrected chi connectivity index (χ1v) is 6.39. The minimum atomic E-state index is -4.33. The highest BCUT2D eigenvalue weighted by Crippen LogP contribution is 2.39. The van der Waals surface area contributed by atoms with Gasteiger partial charge in [-0.1, -0.05) is 13.0 Å². The van der Waals surface area contributed by atoms with Gasteiger partial charge < -0.3 is 10.1 Å². The summed E-state index contributed by atoms with van der Waals surface area (Å²) >= 11 is 0. The van der Waals surface area contributed by atoms with E-state index in [1.807, 2.05) is 0 Å². The molecule has 5 heteroatoms. The highest BCUT2D eigenvalue weighted by Gasteiger charge is 2.33. The predicted octanol–water partition coefficient (Wildman–Crippen LogP) is 3.43. The van der Waals surface area contributed by atoms with Crippen molar-refractivity contribution >= 4 is 0 Å². The Morgan fingerprint density at radius 3 is 2.63 bits per heavy atom. The number of alkyl halides is 3. The molecule has 2 nitrogen and oxygen atoms in total. The third kappa shape index (κ3) is 3.03. The van der Waals surface area contributed by atoms with E-state index in [1.165, 1.54) is 7.11 Å². The molecule has 0 amide bonds. The highest BCUT2D eigenvalue weighted by atomic mass is 19.4. The molecule has 1 aromatic carbocycles. The van der Waals surface area contributed by atoms with Crippen LogP contribution in [-0.2, 0) is 6.18 Å².